The Kier molecular flexibility index (Phi) is 10.6. The van der Waals surface area contributed by atoms with E-state index >= 15 is 0 Å². The predicted molar refractivity (Wildman–Crippen MR) is 162 cm³/mol. The fourth-order valence-electron chi connectivity index (χ4n) is 4.28. The highest BCUT2D eigenvalue weighted by molar-refractivity contribution is 9.10. The smallest absolute Gasteiger partial charge is 0.320 e. The van der Waals surface area contributed by atoms with E-state index in [1.54, 1.807) is 24.5 Å². The van der Waals surface area contributed by atoms with Gasteiger partial charge in [0, 0.05) is 46.2 Å². The molecule has 0 saturated heterocycles. The Hall–Kier alpha value is -3.39. The highest BCUT2D eigenvalue weighted by Crippen LogP contribution is 2.36. The van der Waals surface area contributed by atoms with Gasteiger partial charge in [0.2, 0.25) is 0 Å². The molecule has 4 aromatic rings. The molecule has 1 aromatic heterocycles. The minimum Gasteiger partial charge on any atom is -0.488 e. The minimum absolute atomic E-state index is 0.0413. The molecule has 0 radical (unpaired) electrons. The molecule has 0 aliphatic rings. The average Bonchev–Trinajstić information content (AvgIpc) is 2.97. The van der Waals surface area contributed by atoms with E-state index in [9.17, 15) is 9.90 Å². The molecule has 1 unspecified atom stereocenters. The zero-order chi connectivity index (χ0) is 28.5. The molecule has 0 bridgehead atoms. The lowest BCUT2D eigenvalue weighted by molar-refractivity contribution is -0.140. The molecule has 0 saturated carbocycles. The van der Waals surface area contributed by atoms with Crippen molar-refractivity contribution >= 4 is 33.5 Å². The van der Waals surface area contributed by atoms with Crippen LogP contribution in [0.25, 0.3) is 11.1 Å². The fraction of sp³-hybridized carbons (Fsp3) is 0.250. The SMILES string of the molecule is CC[C@H](C)C(NCc1cc(Cl)c(OCc2cccc(-c3ccccc3)c2Br)cc1OCc1cccnc1)C(=O)O. The Bertz CT molecular complexity index is 1420. The van der Waals surface area contributed by atoms with Gasteiger partial charge in [0.05, 0.1) is 5.02 Å². The molecular formula is C32H32BrClN2O4. The molecule has 0 fully saturated rings. The van der Waals surface area contributed by atoms with Gasteiger partial charge in [-0.3, -0.25) is 15.1 Å². The lowest BCUT2D eigenvalue weighted by Gasteiger charge is -2.22. The largest absolute Gasteiger partial charge is 0.488 e. The second-order valence-electron chi connectivity index (χ2n) is 9.56. The predicted octanol–water partition coefficient (Wildman–Crippen LogP) is 7.91. The Morgan fingerprint density at radius 3 is 2.48 bits per heavy atom. The van der Waals surface area contributed by atoms with Gasteiger partial charge in [-0.2, -0.15) is 0 Å². The summed E-state index contributed by atoms with van der Waals surface area (Å²) < 4.78 is 13.3. The van der Waals surface area contributed by atoms with Gasteiger partial charge in [0.15, 0.2) is 0 Å². The van der Waals surface area contributed by atoms with E-state index in [2.05, 4.69) is 44.4 Å². The van der Waals surface area contributed by atoms with Crippen molar-refractivity contribution in [3.05, 3.63) is 111 Å². The number of pyridine rings is 1. The fourth-order valence-corrected chi connectivity index (χ4v) is 5.13. The van der Waals surface area contributed by atoms with E-state index in [0.717, 1.165) is 38.7 Å². The number of carboxylic acids is 1. The van der Waals surface area contributed by atoms with Crippen LogP contribution in [0.2, 0.25) is 5.02 Å². The number of halogens is 2. The maximum Gasteiger partial charge on any atom is 0.320 e. The molecule has 2 N–H and O–H groups in total. The standard InChI is InChI=1S/C32H32BrClN2O4/c1-3-21(2)31(32(37)38)36-18-25-15-27(34)29(16-28(25)39-19-22-9-8-14-35-17-22)40-20-24-12-7-13-26(30(24)33)23-10-5-4-6-11-23/h4-17,21,31,36H,3,18-20H2,1-2H3,(H,37,38)/t21-,31?/m0/s1. The Morgan fingerprint density at radius 1 is 1.00 bits per heavy atom. The average molecular weight is 624 g/mol. The zero-order valence-electron chi connectivity index (χ0n) is 22.4. The van der Waals surface area contributed by atoms with Gasteiger partial charge in [-0.25, -0.2) is 0 Å². The number of carbonyl (C=O) groups is 1. The molecule has 208 valence electrons. The van der Waals surface area contributed by atoms with Crippen molar-refractivity contribution in [3.8, 4) is 22.6 Å². The molecule has 4 rings (SSSR count). The first-order chi connectivity index (χ1) is 19.4. The number of rotatable bonds is 13. The highest BCUT2D eigenvalue weighted by Gasteiger charge is 2.23. The Balaban J connectivity index is 1.57. The molecule has 0 aliphatic heterocycles. The van der Waals surface area contributed by atoms with Crippen molar-refractivity contribution in [2.24, 2.45) is 5.92 Å². The molecule has 0 aliphatic carbocycles. The van der Waals surface area contributed by atoms with Gasteiger partial charge in [-0.15, -0.1) is 0 Å². The maximum absolute atomic E-state index is 11.8. The van der Waals surface area contributed by atoms with Crippen molar-refractivity contribution in [1.29, 1.82) is 0 Å². The number of hydrogen-bond donors (Lipinski definition) is 2. The highest BCUT2D eigenvalue weighted by atomic mass is 79.9. The van der Waals surface area contributed by atoms with Crippen molar-refractivity contribution in [2.75, 3.05) is 0 Å². The molecule has 8 heteroatoms. The van der Waals surface area contributed by atoms with Gasteiger partial charge < -0.3 is 14.6 Å². The third-order valence-corrected chi connectivity index (χ3v) is 8.00. The molecule has 1 heterocycles. The number of aromatic nitrogens is 1. The van der Waals surface area contributed by atoms with E-state index < -0.39 is 12.0 Å². The molecular weight excluding hydrogens is 592 g/mol. The summed E-state index contributed by atoms with van der Waals surface area (Å²) >= 11 is 10.4. The third-order valence-electron chi connectivity index (χ3n) is 6.77. The van der Waals surface area contributed by atoms with Crippen LogP contribution in [0.5, 0.6) is 11.5 Å². The van der Waals surface area contributed by atoms with Crippen molar-refractivity contribution in [2.45, 2.75) is 46.1 Å². The number of nitrogens with zero attached hydrogens (tertiary/aromatic N) is 1. The summed E-state index contributed by atoms with van der Waals surface area (Å²) in [6, 6.07) is 22.8. The summed E-state index contributed by atoms with van der Waals surface area (Å²) in [4.78, 5) is 16.0. The van der Waals surface area contributed by atoms with Crippen LogP contribution in [0, 0.1) is 5.92 Å². The van der Waals surface area contributed by atoms with E-state index in [4.69, 9.17) is 21.1 Å². The molecule has 40 heavy (non-hydrogen) atoms. The molecule has 6 nitrogen and oxygen atoms in total. The number of benzene rings is 3. The number of aliphatic carboxylic acids is 1. The summed E-state index contributed by atoms with van der Waals surface area (Å²) in [6.45, 7) is 4.74. The van der Waals surface area contributed by atoms with Crippen molar-refractivity contribution in [1.82, 2.24) is 10.3 Å². The Labute approximate surface area is 248 Å². The zero-order valence-corrected chi connectivity index (χ0v) is 24.8. The number of nitrogens with one attached hydrogen (secondary N) is 1. The van der Waals surface area contributed by atoms with E-state index in [1.165, 1.54) is 0 Å². The van der Waals surface area contributed by atoms with Crippen LogP contribution in [-0.2, 0) is 24.6 Å². The van der Waals surface area contributed by atoms with E-state index in [1.807, 2.05) is 56.3 Å². The first kappa shape index (κ1) is 29.6. The van der Waals surface area contributed by atoms with Crippen LogP contribution >= 0.6 is 27.5 Å². The summed E-state index contributed by atoms with van der Waals surface area (Å²) in [7, 11) is 0. The molecule has 0 amide bonds. The lowest BCUT2D eigenvalue weighted by atomic mass is 9.99. The number of ether oxygens (including phenoxy) is 2. The van der Waals surface area contributed by atoms with E-state index in [-0.39, 0.29) is 19.1 Å². The molecule has 3 aromatic carbocycles. The summed E-state index contributed by atoms with van der Waals surface area (Å²) in [5, 5.41) is 13.3. The second kappa shape index (κ2) is 14.3. The van der Waals surface area contributed by atoms with Crippen LogP contribution < -0.4 is 14.8 Å². The number of carboxylic acid groups (broad SMARTS) is 1. The van der Waals surface area contributed by atoms with Crippen molar-refractivity contribution < 1.29 is 19.4 Å². The summed E-state index contributed by atoms with van der Waals surface area (Å²) in [5.41, 5.74) is 4.80. The van der Waals surface area contributed by atoms with Gasteiger partial charge >= 0.3 is 5.97 Å². The summed E-state index contributed by atoms with van der Waals surface area (Å²) in [6.07, 6.45) is 4.19. The van der Waals surface area contributed by atoms with Gasteiger partial charge in [0.1, 0.15) is 30.8 Å². The molecule has 2 atom stereocenters. The lowest BCUT2D eigenvalue weighted by Crippen LogP contribution is -2.41. The van der Waals surface area contributed by atoms with Gasteiger partial charge in [0.25, 0.3) is 0 Å². The first-order valence-electron chi connectivity index (χ1n) is 13.1. The Morgan fingerprint density at radius 2 is 1.77 bits per heavy atom. The molecule has 0 spiro atoms. The summed E-state index contributed by atoms with van der Waals surface area (Å²) in [5.74, 6) is 0.100. The number of hydrogen-bond acceptors (Lipinski definition) is 5. The first-order valence-corrected chi connectivity index (χ1v) is 14.3. The van der Waals surface area contributed by atoms with Gasteiger partial charge in [-0.05, 0) is 45.1 Å². The monoisotopic (exact) mass is 622 g/mol. The second-order valence-corrected chi connectivity index (χ2v) is 10.8. The topological polar surface area (TPSA) is 80.7 Å². The van der Waals surface area contributed by atoms with Crippen molar-refractivity contribution in [3.63, 3.8) is 0 Å². The van der Waals surface area contributed by atoms with Gasteiger partial charge in [-0.1, -0.05) is 86.5 Å². The minimum atomic E-state index is -0.887. The quantitative estimate of drug-likeness (QED) is 0.158. The van der Waals surface area contributed by atoms with Crippen LogP contribution in [-0.4, -0.2) is 22.1 Å². The normalized spacial score (nSPS) is 12.5. The van der Waals surface area contributed by atoms with Crippen LogP contribution in [0.1, 0.15) is 37.0 Å². The van der Waals surface area contributed by atoms with Crippen LogP contribution in [0.3, 0.4) is 0 Å². The van der Waals surface area contributed by atoms with E-state index in [0.29, 0.717) is 23.1 Å². The van der Waals surface area contributed by atoms with Crippen LogP contribution in [0.4, 0.5) is 0 Å². The third kappa shape index (κ3) is 7.62. The maximum atomic E-state index is 11.8. The van der Waals surface area contributed by atoms with Crippen LogP contribution in [0.15, 0.2) is 89.7 Å².